The topological polar surface area (TPSA) is 86.1 Å². The van der Waals surface area contributed by atoms with Crippen LogP contribution in [0.15, 0.2) is 69.3 Å². The van der Waals surface area contributed by atoms with Crippen molar-refractivity contribution in [3.63, 3.8) is 0 Å². The summed E-state index contributed by atoms with van der Waals surface area (Å²) in [5, 5.41) is 4.21. The number of hydrogen-bond donors (Lipinski definition) is 1. The van der Waals surface area contributed by atoms with Gasteiger partial charge in [0, 0.05) is 16.8 Å². The van der Waals surface area contributed by atoms with Crippen LogP contribution in [0.1, 0.15) is 35.8 Å². The number of rotatable bonds is 9. The Morgan fingerprint density at radius 1 is 0.907 bits per heavy atom. The zero-order valence-electron chi connectivity index (χ0n) is 23.4. The second kappa shape index (κ2) is 12.3. The minimum atomic E-state index is -0.0920. The molecule has 11 heteroatoms. The van der Waals surface area contributed by atoms with Crippen molar-refractivity contribution >= 4 is 95.0 Å². The van der Waals surface area contributed by atoms with E-state index < -0.39 is 0 Å². The molecule has 0 unspecified atom stereocenters. The predicted molar refractivity (Wildman–Crippen MR) is 180 cm³/mol. The summed E-state index contributed by atoms with van der Waals surface area (Å²) >= 11 is 6.00. The number of aromatic nitrogens is 3. The van der Waals surface area contributed by atoms with Crippen molar-refractivity contribution in [2.75, 3.05) is 23.4 Å². The third kappa shape index (κ3) is 5.91. The summed E-state index contributed by atoms with van der Waals surface area (Å²) in [6.45, 7) is 2.58. The molecule has 218 valence electrons. The molecule has 3 aromatic carbocycles. The molecule has 7 rings (SSSR count). The molecule has 0 aliphatic heterocycles. The van der Waals surface area contributed by atoms with E-state index in [-0.39, 0.29) is 17.6 Å². The first kappa shape index (κ1) is 28.4. The van der Waals surface area contributed by atoms with Gasteiger partial charge < -0.3 is 10.1 Å². The fourth-order valence-corrected chi connectivity index (χ4v) is 9.39. The highest BCUT2D eigenvalue weighted by molar-refractivity contribution is 8.02. The number of para-hydroxylation sites is 1. The lowest BCUT2D eigenvalue weighted by Crippen LogP contribution is -2.18. The summed E-state index contributed by atoms with van der Waals surface area (Å²) in [5.74, 6) is 1.42. The molecule has 3 heterocycles. The number of carbonyl (C=O) groups excluding carboxylic acids is 2. The molecular weight excluding hydrogens is 617 g/mol. The van der Waals surface area contributed by atoms with Crippen LogP contribution < -0.4 is 10.1 Å². The van der Waals surface area contributed by atoms with E-state index in [0.717, 1.165) is 65.3 Å². The number of thioether (sulfide) groups is 2. The van der Waals surface area contributed by atoms with E-state index in [4.69, 9.17) is 9.72 Å². The highest BCUT2D eigenvalue weighted by Crippen LogP contribution is 2.35. The number of ether oxygens (including phenoxy) is 1. The molecular formula is C32H28N4O3S4. The lowest BCUT2D eigenvalue weighted by molar-refractivity contribution is -0.113. The Kier molecular flexibility index (Phi) is 8.13. The summed E-state index contributed by atoms with van der Waals surface area (Å²) in [4.78, 5) is 35.6. The van der Waals surface area contributed by atoms with Crippen LogP contribution in [0.2, 0.25) is 0 Å². The smallest absolute Gasteiger partial charge is 0.241 e. The van der Waals surface area contributed by atoms with Crippen LogP contribution >= 0.6 is 46.2 Å². The number of nitrogens with zero attached hydrogens (tertiary/aromatic N) is 3. The molecule has 0 fully saturated rings. The lowest BCUT2D eigenvalue weighted by atomic mass is 9.96. The molecule has 3 aromatic heterocycles. The van der Waals surface area contributed by atoms with Crippen molar-refractivity contribution in [1.82, 2.24) is 14.5 Å². The van der Waals surface area contributed by atoms with Crippen molar-refractivity contribution in [3.8, 4) is 5.75 Å². The maximum Gasteiger partial charge on any atom is 0.241 e. The van der Waals surface area contributed by atoms with Gasteiger partial charge in [0.1, 0.15) is 5.75 Å². The minimum Gasteiger partial charge on any atom is -0.494 e. The predicted octanol–water partition coefficient (Wildman–Crippen LogP) is 8.30. The highest BCUT2D eigenvalue weighted by atomic mass is 32.2. The van der Waals surface area contributed by atoms with Crippen molar-refractivity contribution in [1.29, 1.82) is 0 Å². The molecule has 0 atom stereocenters. The van der Waals surface area contributed by atoms with E-state index in [1.165, 1.54) is 46.6 Å². The van der Waals surface area contributed by atoms with E-state index in [2.05, 4.69) is 28.5 Å². The highest BCUT2D eigenvalue weighted by Gasteiger charge is 2.23. The normalized spacial score (nSPS) is 13.0. The fourth-order valence-electron chi connectivity index (χ4n) is 5.54. The molecule has 1 N–H and O–H groups in total. The number of nitrogens with one attached hydrogen (secondary N) is 1. The van der Waals surface area contributed by atoms with E-state index in [1.54, 1.807) is 22.7 Å². The van der Waals surface area contributed by atoms with Gasteiger partial charge in [-0.15, -0.1) is 22.7 Å². The fraction of sp³-hybridized carbons (Fsp3) is 0.250. The Labute approximate surface area is 265 Å². The number of fused-ring (bicyclic) bond motifs is 5. The molecule has 0 saturated heterocycles. The molecule has 1 amide bonds. The van der Waals surface area contributed by atoms with Gasteiger partial charge in [0.25, 0.3) is 0 Å². The summed E-state index contributed by atoms with van der Waals surface area (Å²) < 4.78 is 11.2. The Hall–Kier alpha value is -3.38. The maximum absolute atomic E-state index is 13.5. The molecule has 7 nitrogen and oxygen atoms in total. The lowest BCUT2D eigenvalue weighted by Gasteiger charge is -2.14. The zero-order chi connectivity index (χ0) is 29.3. The van der Waals surface area contributed by atoms with Crippen LogP contribution in [0.3, 0.4) is 0 Å². The number of carbonyl (C=O) groups is 2. The first-order valence-electron chi connectivity index (χ1n) is 14.2. The van der Waals surface area contributed by atoms with Gasteiger partial charge in [-0.3, -0.25) is 14.2 Å². The SMILES string of the molecule is CCOc1ccc2nc(SCC(=O)Nc3ccc4nc(SCC(=O)n5c6c(c7ccccc75)CCCC6)sc4c3)sc2c1. The van der Waals surface area contributed by atoms with E-state index in [0.29, 0.717) is 12.4 Å². The van der Waals surface area contributed by atoms with E-state index >= 15 is 0 Å². The van der Waals surface area contributed by atoms with E-state index in [9.17, 15) is 9.59 Å². The van der Waals surface area contributed by atoms with Gasteiger partial charge >= 0.3 is 0 Å². The Bertz CT molecular complexity index is 1990. The van der Waals surface area contributed by atoms with Crippen molar-refractivity contribution in [2.45, 2.75) is 41.3 Å². The third-order valence-corrected chi connectivity index (χ3v) is 11.7. The molecule has 1 aliphatic carbocycles. The van der Waals surface area contributed by atoms with Crippen molar-refractivity contribution in [3.05, 3.63) is 71.9 Å². The monoisotopic (exact) mass is 644 g/mol. The third-order valence-electron chi connectivity index (χ3n) is 7.38. The standard InChI is InChI=1S/C32H28N4O3S4/c1-2-39-20-12-14-24-28(16-20)43-31(35-24)40-17-29(37)33-19-11-13-23-27(15-19)42-32(34-23)41-18-30(38)36-25-9-5-3-7-21(25)22-8-4-6-10-26(22)36/h3,5,7,9,11-16H,2,4,6,8,10,17-18H2,1H3,(H,33,37). The van der Waals surface area contributed by atoms with Crippen molar-refractivity contribution in [2.24, 2.45) is 0 Å². The van der Waals surface area contributed by atoms with Gasteiger partial charge in [0.15, 0.2) is 8.68 Å². The summed E-state index contributed by atoms with van der Waals surface area (Å²) in [6.07, 6.45) is 4.29. The quantitative estimate of drug-likeness (QED) is 0.159. The Morgan fingerprint density at radius 3 is 2.44 bits per heavy atom. The molecule has 43 heavy (non-hydrogen) atoms. The molecule has 0 radical (unpaired) electrons. The van der Waals surface area contributed by atoms with Gasteiger partial charge in [-0.1, -0.05) is 41.7 Å². The zero-order valence-corrected chi connectivity index (χ0v) is 26.7. The number of thiazole rings is 2. The Balaban J connectivity index is 0.986. The summed E-state index contributed by atoms with van der Waals surface area (Å²) in [7, 11) is 0. The van der Waals surface area contributed by atoms with Gasteiger partial charge in [-0.05, 0) is 80.6 Å². The van der Waals surface area contributed by atoms with Crippen LogP contribution in [0.4, 0.5) is 5.69 Å². The van der Waals surface area contributed by atoms with Crippen LogP contribution in [0.5, 0.6) is 5.75 Å². The second-order valence-electron chi connectivity index (χ2n) is 10.2. The van der Waals surface area contributed by atoms with Gasteiger partial charge in [0.2, 0.25) is 11.8 Å². The second-order valence-corrected chi connectivity index (χ2v) is 14.7. The van der Waals surface area contributed by atoms with Crippen LogP contribution in [0.25, 0.3) is 31.3 Å². The largest absolute Gasteiger partial charge is 0.494 e. The average molecular weight is 645 g/mol. The molecule has 0 bridgehead atoms. The van der Waals surface area contributed by atoms with Gasteiger partial charge in [-0.2, -0.15) is 0 Å². The Morgan fingerprint density at radius 2 is 1.63 bits per heavy atom. The number of aryl methyl sites for hydroxylation is 1. The molecule has 1 aliphatic rings. The molecule has 0 saturated carbocycles. The van der Waals surface area contributed by atoms with Crippen LogP contribution in [0, 0.1) is 0 Å². The molecule has 0 spiro atoms. The summed E-state index contributed by atoms with van der Waals surface area (Å²) in [5.41, 5.74) is 6.02. The first-order valence-corrected chi connectivity index (χ1v) is 17.8. The number of benzene rings is 3. The average Bonchev–Trinajstić information content (AvgIpc) is 3.72. The van der Waals surface area contributed by atoms with Gasteiger partial charge in [0.05, 0.1) is 44.1 Å². The summed E-state index contributed by atoms with van der Waals surface area (Å²) in [6, 6.07) is 19.8. The minimum absolute atomic E-state index is 0.0920. The first-order chi connectivity index (χ1) is 21.1. The maximum atomic E-state index is 13.5. The molecule has 6 aromatic rings. The number of hydrogen-bond acceptors (Lipinski definition) is 9. The van der Waals surface area contributed by atoms with Crippen LogP contribution in [-0.2, 0) is 17.6 Å². The van der Waals surface area contributed by atoms with Crippen molar-refractivity contribution < 1.29 is 14.3 Å². The number of anilines is 1. The van der Waals surface area contributed by atoms with E-state index in [1.807, 2.05) is 54.0 Å². The van der Waals surface area contributed by atoms with Gasteiger partial charge in [-0.25, -0.2) is 9.97 Å². The number of amides is 1. The van der Waals surface area contributed by atoms with Crippen LogP contribution in [-0.4, -0.2) is 44.5 Å².